The van der Waals surface area contributed by atoms with Gasteiger partial charge in [-0.3, -0.25) is 0 Å². The largest absolute Gasteiger partial charge is 0.353 e. The maximum atomic E-state index is 6.19. The van der Waals surface area contributed by atoms with E-state index in [4.69, 9.17) is 16.6 Å². The summed E-state index contributed by atoms with van der Waals surface area (Å²) < 4.78 is 0. The minimum absolute atomic E-state index is 0.572. The highest BCUT2D eigenvalue weighted by Gasteiger charge is 2.36. The number of rotatable bonds is 2. The average Bonchev–Trinajstić information content (AvgIpc) is 2.85. The van der Waals surface area contributed by atoms with Crippen LogP contribution in [-0.4, -0.2) is 17.6 Å². The molecule has 19 heavy (non-hydrogen) atoms. The maximum Gasteiger partial charge on any atom is 0.133 e. The number of nitrogens with zero attached hydrogens (tertiary/aromatic N) is 2. The first-order valence-corrected chi connectivity index (χ1v) is 8.04. The zero-order chi connectivity index (χ0) is 13.4. The third-order valence-corrected chi connectivity index (χ3v) is 5.12. The molecule has 0 radical (unpaired) electrons. The van der Waals surface area contributed by atoms with Crippen molar-refractivity contribution in [1.29, 1.82) is 0 Å². The Bertz CT molecular complexity index is 472. The van der Waals surface area contributed by atoms with Crippen molar-refractivity contribution in [2.75, 3.05) is 11.4 Å². The SMILES string of the molecule is Cc1cc(C)c(CCl)c(N2CCCC3CCCC32)n1. The van der Waals surface area contributed by atoms with Gasteiger partial charge >= 0.3 is 0 Å². The van der Waals surface area contributed by atoms with Crippen molar-refractivity contribution in [3.05, 3.63) is 22.9 Å². The molecule has 2 heterocycles. The highest BCUT2D eigenvalue weighted by molar-refractivity contribution is 6.17. The number of halogens is 1. The van der Waals surface area contributed by atoms with Crippen LogP contribution >= 0.6 is 11.6 Å². The van der Waals surface area contributed by atoms with Crippen molar-refractivity contribution in [2.24, 2.45) is 5.92 Å². The summed E-state index contributed by atoms with van der Waals surface area (Å²) in [4.78, 5) is 7.40. The second-order valence-corrected chi connectivity index (χ2v) is 6.38. The normalized spacial score (nSPS) is 26.6. The summed E-state index contributed by atoms with van der Waals surface area (Å²) in [7, 11) is 0. The second kappa shape index (κ2) is 5.32. The summed E-state index contributed by atoms with van der Waals surface area (Å²) in [6.45, 7) is 5.40. The van der Waals surface area contributed by atoms with Crippen molar-refractivity contribution in [2.45, 2.75) is 57.9 Å². The van der Waals surface area contributed by atoms with Crippen molar-refractivity contribution in [1.82, 2.24) is 4.98 Å². The number of fused-ring (bicyclic) bond motifs is 1. The number of aromatic nitrogens is 1. The molecule has 1 aliphatic carbocycles. The standard InChI is InChI=1S/C16H23ClN2/c1-11-9-12(2)18-16(14(11)10-17)19-8-4-6-13-5-3-7-15(13)19/h9,13,15H,3-8,10H2,1-2H3. The number of pyridine rings is 1. The molecule has 1 aromatic rings. The lowest BCUT2D eigenvalue weighted by Crippen LogP contribution is -2.43. The Hall–Kier alpha value is -0.760. The van der Waals surface area contributed by atoms with Gasteiger partial charge in [0, 0.05) is 23.8 Å². The van der Waals surface area contributed by atoms with Crippen LogP contribution in [0.5, 0.6) is 0 Å². The summed E-state index contributed by atoms with van der Waals surface area (Å²) in [5.74, 6) is 2.63. The summed E-state index contributed by atoms with van der Waals surface area (Å²) in [6, 6.07) is 2.86. The van der Waals surface area contributed by atoms with E-state index in [2.05, 4.69) is 24.8 Å². The van der Waals surface area contributed by atoms with Crippen molar-refractivity contribution in [3.63, 3.8) is 0 Å². The predicted octanol–water partition coefficient (Wildman–Crippen LogP) is 4.21. The molecule has 1 aromatic heterocycles. The number of anilines is 1. The smallest absolute Gasteiger partial charge is 0.133 e. The molecule has 1 saturated heterocycles. The Balaban J connectivity index is 2.00. The molecular weight excluding hydrogens is 256 g/mol. The van der Waals surface area contributed by atoms with E-state index in [1.807, 2.05) is 0 Å². The molecule has 0 amide bonds. The van der Waals surface area contributed by atoms with Gasteiger partial charge in [-0.1, -0.05) is 6.42 Å². The quantitative estimate of drug-likeness (QED) is 0.754. The van der Waals surface area contributed by atoms with Gasteiger partial charge in [0.05, 0.1) is 5.88 Å². The maximum absolute atomic E-state index is 6.19. The van der Waals surface area contributed by atoms with E-state index in [9.17, 15) is 0 Å². The summed E-state index contributed by atoms with van der Waals surface area (Å²) >= 11 is 6.19. The fourth-order valence-electron chi connectivity index (χ4n) is 3.96. The van der Waals surface area contributed by atoms with Crippen LogP contribution in [0.2, 0.25) is 0 Å². The molecular formula is C16H23ClN2. The number of alkyl halides is 1. The molecule has 104 valence electrons. The van der Waals surface area contributed by atoms with Gasteiger partial charge < -0.3 is 4.90 Å². The molecule has 0 spiro atoms. The highest BCUT2D eigenvalue weighted by atomic mass is 35.5. The number of hydrogen-bond donors (Lipinski definition) is 0. The fourth-order valence-corrected chi connectivity index (χ4v) is 4.29. The van der Waals surface area contributed by atoms with E-state index in [0.717, 1.165) is 18.2 Å². The molecule has 0 N–H and O–H groups in total. The first kappa shape index (κ1) is 13.2. The Morgan fingerprint density at radius 2 is 2.05 bits per heavy atom. The molecule has 2 fully saturated rings. The Labute approximate surface area is 121 Å². The summed E-state index contributed by atoms with van der Waals surface area (Å²) in [6.07, 6.45) is 6.83. The second-order valence-electron chi connectivity index (χ2n) is 6.11. The topological polar surface area (TPSA) is 16.1 Å². The van der Waals surface area contributed by atoms with Crippen LogP contribution in [0.15, 0.2) is 6.07 Å². The first-order chi connectivity index (χ1) is 9.20. The van der Waals surface area contributed by atoms with Crippen LogP contribution in [0.4, 0.5) is 5.82 Å². The number of hydrogen-bond acceptors (Lipinski definition) is 2. The van der Waals surface area contributed by atoms with Crippen molar-refractivity contribution >= 4 is 17.4 Å². The van der Waals surface area contributed by atoms with Crippen LogP contribution in [0, 0.1) is 19.8 Å². The van der Waals surface area contributed by atoms with Gasteiger partial charge in [0.1, 0.15) is 5.82 Å². The van der Waals surface area contributed by atoms with Crippen molar-refractivity contribution in [3.8, 4) is 0 Å². The Morgan fingerprint density at radius 1 is 1.26 bits per heavy atom. The molecule has 0 bridgehead atoms. The predicted molar refractivity (Wildman–Crippen MR) is 81.0 cm³/mol. The van der Waals surface area contributed by atoms with Crippen LogP contribution in [0.3, 0.4) is 0 Å². The lowest BCUT2D eigenvalue weighted by Gasteiger charge is -2.39. The van der Waals surface area contributed by atoms with Gasteiger partial charge in [0.15, 0.2) is 0 Å². The van der Waals surface area contributed by atoms with Gasteiger partial charge in [-0.15, -0.1) is 11.6 Å². The minimum Gasteiger partial charge on any atom is -0.353 e. The molecule has 2 unspecified atom stereocenters. The molecule has 2 nitrogen and oxygen atoms in total. The van der Waals surface area contributed by atoms with Crippen LogP contribution in [-0.2, 0) is 5.88 Å². The minimum atomic E-state index is 0.572. The van der Waals surface area contributed by atoms with E-state index in [1.54, 1.807) is 0 Å². The van der Waals surface area contributed by atoms with E-state index < -0.39 is 0 Å². The monoisotopic (exact) mass is 278 g/mol. The molecule has 0 aromatic carbocycles. The molecule has 1 aliphatic heterocycles. The van der Waals surface area contributed by atoms with Crippen LogP contribution in [0.1, 0.15) is 48.9 Å². The van der Waals surface area contributed by atoms with Gasteiger partial charge in [-0.05, 0) is 57.1 Å². The van der Waals surface area contributed by atoms with Gasteiger partial charge in [0.2, 0.25) is 0 Å². The number of piperidine rings is 1. The first-order valence-electron chi connectivity index (χ1n) is 7.50. The summed E-state index contributed by atoms with van der Waals surface area (Å²) in [5, 5.41) is 0. The zero-order valence-electron chi connectivity index (χ0n) is 12.0. The highest BCUT2D eigenvalue weighted by Crippen LogP contribution is 2.40. The van der Waals surface area contributed by atoms with Crippen LogP contribution in [0.25, 0.3) is 0 Å². The zero-order valence-corrected chi connectivity index (χ0v) is 12.7. The third-order valence-electron chi connectivity index (χ3n) is 4.85. The summed E-state index contributed by atoms with van der Waals surface area (Å²) in [5.41, 5.74) is 3.64. The average molecular weight is 279 g/mol. The van der Waals surface area contributed by atoms with Gasteiger partial charge in [-0.2, -0.15) is 0 Å². The van der Waals surface area contributed by atoms with E-state index in [-0.39, 0.29) is 0 Å². The van der Waals surface area contributed by atoms with E-state index in [0.29, 0.717) is 11.9 Å². The van der Waals surface area contributed by atoms with E-state index in [1.165, 1.54) is 49.0 Å². The lowest BCUT2D eigenvalue weighted by molar-refractivity contribution is 0.360. The van der Waals surface area contributed by atoms with E-state index >= 15 is 0 Å². The molecule has 3 heteroatoms. The lowest BCUT2D eigenvalue weighted by atomic mass is 9.91. The van der Waals surface area contributed by atoms with Gasteiger partial charge in [-0.25, -0.2) is 4.98 Å². The number of aryl methyl sites for hydroxylation is 2. The Morgan fingerprint density at radius 3 is 2.84 bits per heavy atom. The molecule has 3 rings (SSSR count). The van der Waals surface area contributed by atoms with Gasteiger partial charge in [0.25, 0.3) is 0 Å². The molecule has 2 atom stereocenters. The van der Waals surface area contributed by atoms with Crippen LogP contribution < -0.4 is 4.90 Å². The van der Waals surface area contributed by atoms with Crippen molar-refractivity contribution < 1.29 is 0 Å². The fraction of sp³-hybridized carbons (Fsp3) is 0.688. The Kier molecular flexibility index (Phi) is 3.70. The molecule has 2 aliphatic rings. The molecule has 1 saturated carbocycles. The third kappa shape index (κ3) is 2.35.